The summed E-state index contributed by atoms with van der Waals surface area (Å²) in [6, 6.07) is 8.91. The van der Waals surface area contributed by atoms with E-state index < -0.39 is 0 Å². The summed E-state index contributed by atoms with van der Waals surface area (Å²) in [4.78, 5) is 14.6. The van der Waals surface area contributed by atoms with Crippen molar-refractivity contribution in [2.75, 3.05) is 26.2 Å². The van der Waals surface area contributed by atoms with Crippen molar-refractivity contribution in [3.8, 4) is 5.75 Å². The first kappa shape index (κ1) is 17.8. The van der Waals surface area contributed by atoms with Gasteiger partial charge >= 0.3 is 0 Å². The lowest BCUT2D eigenvalue weighted by atomic mass is 10.2. The Morgan fingerprint density at radius 3 is 2.96 bits per heavy atom. The molecule has 0 unspecified atom stereocenters. The molecule has 2 aromatic rings. The van der Waals surface area contributed by atoms with Gasteiger partial charge in [0.15, 0.2) is 6.61 Å². The van der Waals surface area contributed by atoms with Crippen molar-refractivity contribution >= 4 is 16.8 Å². The highest BCUT2D eigenvalue weighted by atomic mass is 16.5. The van der Waals surface area contributed by atoms with Crippen molar-refractivity contribution in [1.82, 2.24) is 14.8 Å². The highest BCUT2D eigenvalue weighted by molar-refractivity contribution is 5.87. The molecule has 25 heavy (non-hydrogen) atoms. The third-order valence-electron chi connectivity index (χ3n) is 5.08. The lowest BCUT2D eigenvalue weighted by Gasteiger charge is -2.22. The van der Waals surface area contributed by atoms with Crippen LogP contribution in [0, 0.1) is 0 Å². The minimum absolute atomic E-state index is 0.0525. The number of fused-ring (bicyclic) bond motifs is 1. The first-order chi connectivity index (χ1) is 12.1. The number of carbonyl (C=O) groups is 1. The fourth-order valence-corrected chi connectivity index (χ4v) is 3.71. The molecule has 1 aromatic heterocycles. The molecule has 1 fully saturated rings. The van der Waals surface area contributed by atoms with Crippen LogP contribution in [0.4, 0.5) is 0 Å². The van der Waals surface area contributed by atoms with Gasteiger partial charge in [-0.2, -0.15) is 0 Å². The van der Waals surface area contributed by atoms with Gasteiger partial charge in [-0.05, 0) is 58.0 Å². The quantitative estimate of drug-likeness (QED) is 0.840. The van der Waals surface area contributed by atoms with Crippen molar-refractivity contribution in [3.05, 3.63) is 30.5 Å². The molecule has 1 atom stereocenters. The Bertz CT molecular complexity index is 723. The van der Waals surface area contributed by atoms with E-state index in [4.69, 9.17) is 4.74 Å². The summed E-state index contributed by atoms with van der Waals surface area (Å²) in [5.74, 6) is 0.714. The first-order valence-corrected chi connectivity index (χ1v) is 9.33. The van der Waals surface area contributed by atoms with Gasteiger partial charge < -0.3 is 14.6 Å². The van der Waals surface area contributed by atoms with Gasteiger partial charge in [-0.3, -0.25) is 9.69 Å². The van der Waals surface area contributed by atoms with Gasteiger partial charge in [0.1, 0.15) is 5.75 Å². The fourth-order valence-electron chi connectivity index (χ4n) is 3.71. The van der Waals surface area contributed by atoms with Crippen LogP contribution in [0.25, 0.3) is 10.9 Å². The summed E-state index contributed by atoms with van der Waals surface area (Å²) in [5, 5.41) is 4.07. The van der Waals surface area contributed by atoms with E-state index in [2.05, 4.69) is 53.9 Å². The Hall–Kier alpha value is -2.01. The van der Waals surface area contributed by atoms with Crippen LogP contribution in [0.2, 0.25) is 0 Å². The molecule has 1 aliphatic rings. The van der Waals surface area contributed by atoms with Crippen molar-refractivity contribution in [2.45, 2.75) is 45.7 Å². The van der Waals surface area contributed by atoms with Crippen LogP contribution in [0.15, 0.2) is 30.5 Å². The largest absolute Gasteiger partial charge is 0.483 e. The monoisotopic (exact) mass is 343 g/mol. The lowest BCUT2D eigenvalue weighted by Crippen LogP contribution is -2.41. The average Bonchev–Trinajstić information content (AvgIpc) is 3.24. The number of nitrogens with one attached hydrogen (secondary N) is 1. The van der Waals surface area contributed by atoms with Gasteiger partial charge in [0.25, 0.3) is 5.91 Å². The molecule has 1 saturated heterocycles. The zero-order chi connectivity index (χ0) is 17.8. The number of amides is 1. The standard InChI is InChI=1S/C20H29N3O2/c1-4-22-11-6-7-16(22)13-21-20(24)14-25-19-9-5-8-18-17(19)10-12-23(18)15(2)3/h5,8-10,12,15-16H,4,6-7,11,13-14H2,1-3H3,(H,21,24)/t16-/m0/s1. The Kier molecular flexibility index (Phi) is 5.63. The molecule has 5 heteroatoms. The number of hydrogen-bond acceptors (Lipinski definition) is 3. The zero-order valence-electron chi connectivity index (χ0n) is 15.5. The number of likely N-dealkylation sites (N-methyl/N-ethyl adjacent to an activating group) is 1. The molecule has 1 aromatic carbocycles. The minimum Gasteiger partial charge on any atom is -0.483 e. The summed E-state index contributed by atoms with van der Waals surface area (Å²) < 4.78 is 8.01. The van der Waals surface area contributed by atoms with Gasteiger partial charge in [0, 0.05) is 30.2 Å². The maximum Gasteiger partial charge on any atom is 0.257 e. The summed E-state index contributed by atoms with van der Waals surface area (Å²) in [7, 11) is 0. The van der Waals surface area contributed by atoms with Crippen LogP contribution in [-0.2, 0) is 4.79 Å². The molecular weight excluding hydrogens is 314 g/mol. The zero-order valence-corrected chi connectivity index (χ0v) is 15.5. The van der Waals surface area contributed by atoms with Gasteiger partial charge in [-0.25, -0.2) is 0 Å². The van der Waals surface area contributed by atoms with Crippen LogP contribution in [-0.4, -0.2) is 47.7 Å². The smallest absolute Gasteiger partial charge is 0.257 e. The maximum absolute atomic E-state index is 12.2. The molecule has 136 valence electrons. The van der Waals surface area contributed by atoms with E-state index in [0.29, 0.717) is 18.6 Å². The SMILES string of the molecule is CCN1CCC[C@H]1CNC(=O)COc1cccc2c1ccn2C(C)C. The minimum atomic E-state index is -0.0525. The summed E-state index contributed by atoms with van der Waals surface area (Å²) in [5.41, 5.74) is 1.14. The molecule has 1 aliphatic heterocycles. The van der Waals surface area contributed by atoms with E-state index in [0.717, 1.165) is 36.2 Å². The van der Waals surface area contributed by atoms with Gasteiger partial charge in [-0.15, -0.1) is 0 Å². The van der Waals surface area contributed by atoms with E-state index in [1.54, 1.807) is 0 Å². The highest BCUT2D eigenvalue weighted by Gasteiger charge is 2.23. The number of nitrogens with zero attached hydrogens (tertiary/aromatic N) is 2. The first-order valence-electron chi connectivity index (χ1n) is 9.33. The number of hydrogen-bond donors (Lipinski definition) is 1. The third kappa shape index (κ3) is 3.98. The predicted octanol–water partition coefficient (Wildman–Crippen LogP) is 3.20. The molecular formula is C20H29N3O2. The number of likely N-dealkylation sites (tertiary alicyclic amines) is 1. The molecule has 1 N–H and O–H groups in total. The Morgan fingerprint density at radius 1 is 1.36 bits per heavy atom. The van der Waals surface area contributed by atoms with E-state index in [1.165, 1.54) is 6.42 Å². The predicted molar refractivity (Wildman–Crippen MR) is 101 cm³/mol. The van der Waals surface area contributed by atoms with E-state index in [9.17, 15) is 4.79 Å². The number of carbonyl (C=O) groups excluding carboxylic acids is 1. The molecule has 0 aliphatic carbocycles. The lowest BCUT2D eigenvalue weighted by molar-refractivity contribution is -0.123. The second-order valence-electron chi connectivity index (χ2n) is 7.02. The van der Waals surface area contributed by atoms with Crippen LogP contribution in [0.5, 0.6) is 5.75 Å². The maximum atomic E-state index is 12.2. The number of aromatic nitrogens is 1. The summed E-state index contributed by atoms with van der Waals surface area (Å²) in [6.07, 6.45) is 4.46. The van der Waals surface area contributed by atoms with Gasteiger partial charge in [0.2, 0.25) is 0 Å². The molecule has 1 amide bonds. The second kappa shape index (κ2) is 7.91. The van der Waals surface area contributed by atoms with E-state index >= 15 is 0 Å². The topological polar surface area (TPSA) is 46.5 Å². The van der Waals surface area contributed by atoms with E-state index in [1.807, 2.05) is 12.1 Å². The van der Waals surface area contributed by atoms with Gasteiger partial charge in [-0.1, -0.05) is 13.0 Å². The van der Waals surface area contributed by atoms with Crippen molar-refractivity contribution < 1.29 is 9.53 Å². The van der Waals surface area contributed by atoms with E-state index in [-0.39, 0.29) is 12.5 Å². The number of ether oxygens (including phenoxy) is 1. The number of benzene rings is 1. The molecule has 0 radical (unpaired) electrons. The molecule has 0 saturated carbocycles. The Morgan fingerprint density at radius 2 is 2.20 bits per heavy atom. The normalized spacial score (nSPS) is 18.2. The van der Waals surface area contributed by atoms with Gasteiger partial charge in [0.05, 0.1) is 5.52 Å². The highest BCUT2D eigenvalue weighted by Crippen LogP contribution is 2.28. The van der Waals surface area contributed by atoms with Crippen molar-refractivity contribution in [3.63, 3.8) is 0 Å². The Balaban J connectivity index is 1.56. The molecule has 3 rings (SSSR count). The molecule has 2 heterocycles. The van der Waals surface area contributed by atoms with Crippen LogP contribution < -0.4 is 10.1 Å². The van der Waals surface area contributed by atoms with Crippen molar-refractivity contribution in [2.24, 2.45) is 0 Å². The molecule has 0 spiro atoms. The third-order valence-corrected chi connectivity index (χ3v) is 5.08. The van der Waals surface area contributed by atoms with Crippen LogP contribution >= 0.6 is 0 Å². The molecule has 5 nitrogen and oxygen atoms in total. The fraction of sp³-hybridized carbons (Fsp3) is 0.550. The van der Waals surface area contributed by atoms with Crippen LogP contribution in [0.1, 0.15) is 39.7 Å². The second-order valence-corrected chi connectivity index (χ2v) is 7.02. The summed E-state index contributed by atoms with van der Waals surface area (Å²) >= 11 is 0. The summed E-state index contributed by atoms with van der Waals surface area (Å²) in [6.45, 7) is 9.45. The van der Waals surface area contributed by atoms with Crippen molar-refractivity contribution in [1.29, 1.82) is 0 Å². The number of rotatable bonds is 7. The Labute approximate surface area is 149 Å². The molecule has 0 bridgehead atoms. The van der Waals surface area contributed by atoms with Crippen LogP contribution in [0.3, 0.4) is 0 Å². The average molecular weight is 343 g/mol.